The molecule has 1 aromatic rings. The Hall–Kier alpha value is -0.860. The second kappa shape index (κ2) is 3.86. The van der Waals surface area contributed by atoms with E-state index in [0.717, 1.165) is 5.56 Å². The Morgan fingerprint density at radius 3 is 2.56 bits per heavy atom. The zero-order valence-electron chi connectivity index (χ0n) is 9.47. The van der Waals surface area contributed by atoms with Crippen LogP contribution in [0.1, 0.15) is 48.8 Å². The summed E-state index contributed by atoms with van der Waals surface area (Å²) in [4.78, 5) is 0. The molecule has 2 heteroatoms. The quantitative estimate of drug-likeness (QED) is 0.700. The van der Waals surface area contributed by atoms with Gasteiger partial charge >= 0.3 is 0 Å². The van der Waals surface area contributed by atoms with Gasteiger partial charge in [-0.15, -0.1) is 0 Å². The summed E-state index contributed by atoms with van der Waals surface area (Å²) in [6.07, 6.45) is 4.53. The van der Waals surface area contributed by atoms with E-state index in [0.29, 0.717) is 11.8 Å². The molecule has 3 N–H and O–H groups in total. The van der Waals surface area contributed by atoms with Crippen molar-refractivity contribution in [3.8, 4) is 0 Å². The molecule has 0 aromatic heterocycles. The summed E-state index contributed by atoms with van der Waals surface area (Å²) in [6.45, 7) is 0. The van der Waals surface area contributed by atoms with Gasteiger partial charge in [0.15, 0.2) is 0 Å². The van der Waals surface area contributed by atoms with Gasteiger partial charge in [0.05, 0.1) is 6.10 Å². The minimum absolute atomic E-state index is 0.0693. The van der Waals surface area contributed by atoms with Crippen LogP contribution in [0, 0.1) is 5.92 Å². The molecule has 1 fully saturated rings. The van der Waals surface area contributed by atoms with Gasteiger partial charge in [0.2, 0.25) is 0 Å². The fourth-order valence-corrected chi connectivity index (χ4v) is 3.57. The summed E-state index contributed by atoms with van der Waals surface area (Å²) in [5, 5.41) is 10.2. The van der Waals surface area contributed by atoms with Gasteiger partial charge < -0.3 is 10.8 Å². The van der Waals surface area contributed by atoms with Crippen molar-refractivity contribution in [2.75, 3.05) is 0 Å². The van der Waals surface area contributed by atoms with Crippen molar-refractivity contribution in [3.63, 3.8) is 0 Å². The molecule has 2 aliphatic carbocycles. The van der Waals surface area contributed by atoms with Crippen LogP contribution in [0.4, 0.5) is 0 Å². The van der Waals surface area contributed by atoms with E-state index >= 15 is 0 Å². The molecule has 0 bridgehead atoms. The van der Waals surface area contributed by atoms with Crippen LogP contribution in [-0.2, 0) is 0 Å². The number of nitrogens with two attached hydrogens (primary N) is 1. The fourth-order valence-electron chi connectivity index (χ4n) is 3.57. The molecule has 2 nitrogen and oxygen atoms in total. The monoisotopic (exact) mass is 217 g/mol. The Bertz CT molecular complexity index is 390. The first-order chi connectivity index (χ1) is 7.79. The summed E-state index contributed by atoms with van der Waals surface area (Å²) in [5.41, 5.74) is 8.61. The highest BCUT2D eigenvalue weighted by molar-refractivity contribution is 5.37. The Balaban J connectivity index is 2.07. The predicted octanol–water partition coefficient (Wildman–Crippen LogP) is 2.33. The molecule has 4 atom stereocenters. The molecule has 0 unspecified atom stereocenters. The third-order valence-electron chi connectivity index (χ3n) is 4.39. The third-order valence-corrected chi connectivity index (χ3v) is 4.39. The molecule has 0 spiro atoms. The minimum atomic E-state index is -0.462. The van der Waals surface area contributed by atoms with Gasteiger partial charge in [0, 0.05) is 6.04 Å². The minimum Gasteiger partial charge on any atom is -0.387 e. The molecular weight excluding hydrogens is 198 g/mol. The summed E-state index contributed by atoms with van der Waals surface area (Å²) >= 11 is 0. The van der Waals surface area contributed by atoms with Crippen molar-refractivity contribution in [1.82, 2.24) is 0 Å². The SMILES string of the molecule is N[C@H]1[C@H]2CCCC[C@@H]2c2ccccc2[C@H]1O. The molecule has 1 aromatic carbocycles. The van der Waals surface area contributed by atoms with Crippen molar-refractivity contribution in [2.24, 2.45) is 11.7 Å². The van der Waals surface area contributed by atoms with Gasteiger partial charge in [-0.1, -0.05) is 37.1 Å². The van der Waals surface area contributed by atoms with Gasteiger partial charge in [-0.05, 0) is 35.8 Å². The summed E-state index contributed by atoms with van der Waals surface area (Å²) in [5.74, 6) is 1.07. The molecule has 0 amide bonds. The van der Waals surface area contributed by atoms with Gasteiger partial charge in [0.1, 0.15) is 0 Å². The lowest BCUT2D eigenvalue weighted by atomic mass is 9.65. The first-order valence-electron chi connectivity index (χ1n) is 6.31. The van der Waals surface area contributed by atoms with E-state index in [1.165, 1.54) is 31.2 Å². The van der Waals surface area contributed by atoms with E-state index in [1.54, 1.807) is 0 Å². The van der Waals surface area contributed by atoms with Crippen molar-refractivity contribution in [3.05, 3.63) is 35.4 Å². The Morgan fingerprint density at radius 2 is 1.75 bits per heavy atom. The maximum Gasteiger partial charge on any atom is 0.0946 e. The molecule has 0 radical (unpaired) electrons. The zero-order valence-corrected chi connectivity index (χ0v) is 9.47. The fraction of sp³-hybridized carbons (Fsp3) is 0.571. The maximum absolute atomic E-state index is 10.2. The second-order valence-electron chi connectivity index (χ2n) is 5.21. The molecular formula is C14H19NO. The molecule has 2 aliphatic rings. The highest BCUT2D eigenvalue weighted by Gasteiger charge is 2.40. The molecule has 0 aliphatic heterocycles. The lowest BCUT2D eigenvalue weighted by Crippen LogP contribution is -2.44. The van der Waals surface area contributed by atoms with E-state index in [9.17, 15) is 5.11 Å². The number of aliphatic hydroxyl groups is 1. The largest absolute Gasteiger partial charge is 0.387 e. The Labute approximate surface area is 96.5 Å². The van der Waals surface area contributed by atoms with E-state index < -0.39 is 6.10 Å². The maximum atomic E-state index is 10.2. The van der Waals surface area contributed by atoms with E-state index in [1.807, 2.05) is 12.1 Å². The van der Waals surface area contributed by atoms with Crippen LogP contribution in [0.2, 0.25) is 0 Å². The first-order valence-corrected chi connectivity index (χ1v) is 6.31. The molecule has 3 rings (SSSR count). The van der Waals surface area contributed by atoms with Crippen LogP contribution in [0.3, 0.4) is 0 Å². The van der Waals surface area contributed by atoms with Crippen LogP contribution in [-0.4, -0.2) is 11.1 Å². The standard InChI is InChI=1S/C14H19NO/c15-13-11-7-3-1-5-9(11)10-6-2-4-8-12(10)14(13)16/h2,4,6,8-9,11,13-14,16H,1,3,5,7,15H2/t9-,11+,13+,14-/m1/s1. The van der Waals surface area contributed by atoms with Crippen LogP contribution in [0.25, 0.3) is 0 Å². The molecule has 86 valence electrons. The molecule has 16 heavy (non-hydrogen) atoms. The van der Waals surface area contributed by atoms with Gasteiger partial charge in [-0.25, -0.2) is 0 Å². The number of rotatable bonds is 0. The number of hydrogen-bond donors (Lipinski definition) is 2. The van der Waals surface area contributed by atoms with Crippen LogP contribution >= 0.6 is 0 Å². The average Bonchev–Trinajstić information content (AvgIpc) is 2.36. The van der Waals surface area contributed by atoms with Crippen molar-refractivity contribution >= 4 is 0 Å². The van der Waals surface area contributed by atoms with Crippen LogP contribution < -0.4 is 5.73 Å². The highest BCUT2D eigenvalue weighted by atomic mass is 16.3. The zero-order chi connectivity index (χ0) is 11.1. The van der Waals surface area contributed by atoms with Gasteiger partial charge in [-0.3, -0.25) is 0 Å². The van der Waals surface area contributed by atoms with Crippen molar-refractivity contribution in [1.29, 1.82) is 0 Å². The summed E-state index contributed by atoms with van der Waals surface area (Å²) < 4.78 is 0. The summed E-state index contributed by atoms with van der Waals surface area (Å²) in [7, 11) is 0. The Kier molecular flexibility index (Phi) is 2.49. The normalized spacial score (nSPS) is 37.6. The predicted molar refractivity (Wildman–Crippen MR) is 64.1 cm³/mol. The average molecular weight is 217 g/mol. The lowest BCUT2D eigenvalue weighted by molar-refractivity contribution is 0.0785. The lowest BCUT2D eigenvalue weighted by Gasteiger charge is -2.43. The smallest absolute Gasteiger partial charge is 0.0946 e. The molecule has 0 heterocycles. The van der Waals surface area contributed by atoms with Crippen molar-refractivity contribution in [2.45, 2.75) is 43.7 Å². The molecule has 0 saturated heterocycles. The van der Waals surface area contributed by atoms with E-state index in [-0.39, 0.29) is 6.04 Å². The third kappa shape index (κ3) is 1.40. The highest BCUT2D eigenvalue weighted by Crippen LogP contribution is 2.47. The van der Waals surface area contributed by atoms with E-state index in [2.05, 4.69) is 12.1 Å². The number of benzene rings is 1. The van der Waals surface area contributed by atoms with Gasteiger partial charge in [-0.2, -0.15) is 0 Å². The summed E-state index contributed by atoms with van der Waals surface area (Å²) in [6, 6.07) is 8.21. The van der Waals surface area contributed by atoms with E-state index in [4.69, 9.17) is 5.73 Å². The van der Waals surface area contributed by atoms with Crippen LogP contribution in [0.15, 0.2) is 24.3 Å². The topological polar surface area (TPSA) is 46.2 Å². The van der Waals surface area contributed by atoms with Gasteiger partial charge in [0.25, 0.3) is 0 Å². The number of hydrogen-bond acceptors (Lipinski definition) is 2. The first kappa shape index (κ1) is 10.3. The van der Waals surface area contributed by atoms with Crippen molar-refractivity contribution < 1.29 is 5.11 Å². The molecule has 1 saturated carbocycles. The number of fused-ring (bicyclic) bond motifs is 3. The number of aliphatic hydroxyl groups excluding tert-OH is 1. The second-order valence-corrected chi connectivity index (χ2v) is 5.21. The Morgan fingerprint density at radius 1 is 1.06 bits per heavy atom. The van der Waals surface area contributed by atoms with Crippen LogP contribution in [0.5, 0.6) is 0 Å².